The molecule has 0 aromatic carbocycles. The largest absolute Gasteiger partial charge is 0.467 e. The van der Waals surface area contributed by atoms with E-state index in [0.29, 0.717) is 19.5 Å². The topological polar surface area (TPSA) is 79.4 Å². The second kappa shape index (κ2) is 6.70. The highest BCUT2D eigenvalue weighted by molar-refractivity contribution is 5.88. The highest BCUT2D eigenvalue weighted by Gasteiger charge is 2.41. The van der Waals surface area contributed by atoms with Crippen LogP contribution < -0.4 is 0 Å². The number of ether oxygens (including phenoxy) is 2. The molecule has 1 unspecified atom stereocenters. The predicted molar refractivity (Wildman–Crippen MR) is 86.2 cm³/mol. The third-order valence-electron chi connectivity index (χ3n) is 4.01. The molecule has 0 saturated carbocycles. The van der Waals surface area contributed by atoms with Gasteiger partial charge in [-0.3, -0.25) is 4.90 Å². The lowest BCUT2D eigenvalue weighted by atomic mass is 10.1. The van der Waals surface area contributed by atoms with Crippen LogP contribution in [0.25, 0.3) is 0 Å². The van der Waals surface area contributed by atoms with Crippen LogP contribution in [0.15, 0.2) is 11.8 Å². The van der Waals surface area contributed by atoms with E-state index in [-0.39, 0.29) is 18.7 Å². The van der Waals surface area contributed by atoms with Gasteiger partial charge >= 0.3 is 18.1 Å². The summed E-state index contributed by atoms with van der Waals surface area (Å²) < 4.78 is 10.1. The van der Waals surface area contributed by atoms with E-state index in [1.54, 1.807) is 16.8 Å². The Morgan fingerprint density at radius 2 is 1.96 bits per heavy atom. The average molecular weight is 339 g/mol. The molecule has 1 fully saturated rings. The Bertz CT molecular complexity index is 567. The minimum absolute atomic E-state index is 0.234. The lowest BCUT2D eigenvalue weighted by Crippen LogP contribution is -2.41. The summed E-state index contributed by atoms with van der Waals surface area (Å²) >= 11 is 0. The summed E-state index contributed by atoms with van der Waals surface area (Å²) in [7, 11) is 2.89. The minimum Gasteiger partial charge on any atom is -0.467 e. The minimum atomic E-state index is -0.604. The molecule has 0 bridgehead atoms. The van der Waals surface area contributed by atoms with E-state index in [1.807, 2.05) is 26.8 Å². The molecule has 0 aromatic heterocycles. The van der Waals surface area contributed by atoms with Gasteiger partial charge in [0.2, 0.25) is 0 Å². The van der Waals surface area contributed by atoms with Gasteiger partial charge in [-0.1, -0.05) is 0 Å². The van der Waals surface area contributed by atoms with Crippen LogP contribution in [-0.2, 0) is 14.3 Å². The molecule has 8 heteroatoms. The van der Waals surface area contributed by atoms with E-state index in [1.165, 1.54) is 12.0 Å². The Morgan fingerprint density at radius 1 is 1.29 bits per heavy atom. The molecule has 0 aromatic rings. The van der Waals surface area contributed by atoms with Crippen LogP contribution in [-0.4, -0.2) is 78.2 Å². The molecular weight excluding hydrogens is 314 g/mol. The number of likely N-dealkylation sites (N-methyl/N-ethyl adjacent to an activating group) is 1. The van der Waals surface area contributed by atoms with E-state index in [0.717, 1.165) is 5.70 Å². The molecule has 2 heterocycles. The summed E-state index contributed by atoms with van der Waals surface area (Å²) in [6, 6.07) is -0.838. The average Bonchev–Trinajstić information content (AvgIpc) is 2.81. The zero-order valence-corrected chi connectivity index (χ0v) is 14.9. The lowest BCUT2D eigenvalue weighted by molar-refractivity contribution is -0.144. The molecule has 0 spiro atoms. The number of hydrogen-bond donors (Lipinski definition) is 0. The van der Waals surface area contributed by atoms with E-state index in [9.17, 15) is 14.4 Å². The zero-order chi connectivity index (χ0) is 18.1. The number of rotatable bonds is 2. The van der Waals surface area contributed by atoms with Crippen LogP contribution in [0.5, 0.6) is 0 Å². The van der Waals surface area contributed by atoms with Crippen LogP contribution in [0.3, 0.4) is 0 Å². The molecule has 1 atom stereocenters. The highest BCUT2D eigenvalue weighted by Crippen LogP contribution is 2.24. The normalized spacial score (nSPS) is 21.7. The maximum Gasteiger partial charge on any atom is 0.410 e. The Hall–Kier alpha value is -2.25. The number of carbonyl (C=O) groups is 3. The summed E-state index contributed by atoms with van der Waals surface area (Å²) in [5.74, 6) is -0.430. The molecule has 0 N–H and O–H groups in total. The van der Waals surface area contributed by atoms with Crippen molar-refractivity contribution < 1.29 is 23.9 Å². The summed E-state index contributed by atoms with van der Waals surface area (Å²) in [4.78, 5) is 40.7. The number of urea groups is 1. The molecular formula is C16H25N3O5. The van der Waals surface area contributed by atoms with E-state index >= 15 is 0 Å². The van der Waals surface area contributed by atoms with Gasteiger partial charge in [0.15, 0.2) is 0 Å². The van der Waals surface area contributed by atoms with Gasteiger partial charge in [-0.15, -0.1) is 0 Å². The van der Waals surface area contributed by atoms with Gasteiger partial charge < -0.3 is 19.3 Å². The molecule has 2 rings (SSSR count). The van der Waals surface area contributed by atoms with E-state index in [4.69, 9.17) is 9.47 Å². The smallest absolute Gasteiger partial charge is 0.410 e. The first-order valence-corrected chi connectivity index (χ1v) is 7.93. The lowest BCUT2D eigenvalue weighted by Gasteiger charge is -2.31. The van der Waals surface area contributed by atoms with Gasteiger partial charge in [-0.05, 0) is 26.8 Å². The second-order valence-corrected chi connectivity index (χ2v) is 6.91. The van der Waals surface area contributed by atoms with Gasteiger partial charge in [-0.2, -0.15) is 0 Å². The van der Waals surface area contributed by atoms with Crippen molar-refractivity contribution in [3.8, 4) is 0 Å². The molecule has 0 aliphatic carbocycles. The Kier molecular flexibility index (Phi) is 5.05. The van der Waals surface area contributed by atoms with Gasteiger partial charge in [0.25, 0.3) is 0 Å². The van der Waals surface area contributed by atoms with Crippen molar-refractivity contribution in [1.82, 2.24) is 14.7 Å². The molecule has 134 valence electrons. The SMILES string of the molecule is COC(=O)C1CN(C2=CCN(C(=O)OC(C)(C)C)CC2)C(=O)N1C. The number of hydrogen-bond acceptors (Lipinski definition) is 5. The summed E-state index contributed by atoms with van der Waals surface area (Å²) in [6.07, 6.45) is 2.00. The van der Waals surface area contributed by atoms with Crippen LogP contribution in [0.4, 0.5) is 9.59 Å². The maximum atomic E-state index is 12.3. The molecule has 8 nitrogen and oxygen atoms in total. The summed E-state index contributed by atoms with van der Waals surface area (Å²) in [5.41, 5.74) is 0.278. The van der Waals surface area contributed by atoms with Crippen LogP contribution in [0, 0.1) is 0 Å². The van der Waals surface area contributed by atoms with Crippen molar-refractivity contribution >= 4 is 18.1 Å². The Balaban J connectivity index is 2.01. The van der Waals surface area contributed by atoms with Crippen molar-refractivity contribution in [1.29, 1.82) is 0 Å². The number of methoxy groups -OCH3 is 1. The standard InChI is InChI=1S/C16H25N3O5/c1-16(2,3)24-15(22)18-8-6-11(7-9-18)19-10-12(13(20)23-5)17(4)14(19)21/h6,12H,7-10H2,1-5H3. The number of carbonyl (C=O) groups excluding carboxylic acids is 3. The number of amides is 3. The van der Waals surface area contributed by atoms with Gasteiger partial charge in [0, 0.05) is 32.3 Å². The maximum absolute atomic E-state index is 12.3. The van der Waals surface area contributed by atoms with Gasteiger partial charge in [0.05, 0.1) is 13.7 Å². The van der Waals surface area contributed by atoms with Gasteiger partial charge in [0.1, 0.15) is 11.6 Å². The van der Waals surface area contributed by atoms with Crippen molar-refractivity contribution in [2.45, 2.75) is 38.8 Å². The molecule has 1 saturated heterocycles. The zero-order valence-electron chi connectivity index (χ0n) is 14.9. The monoisotopic (exact) mass is 339 g/mol. The quantitative estimate of drug-likeness (QED) is 0.711. The van der Waals surface area contributed by atoms with Crippen molar-refractivity contribution in [3.05, 3.63) is 11.8 Å². The van der Waals surface area contributed by atoms with Crippen molar-refractivity contribution in [2.24, 2.45) is 0 Å². The molecule has 2 aliphatic heterocycles. The first-order valence-electron chi connectivity index (χ1n) is 7.93. The molecule has 24 heavy (non-hydrogen) atoms. The Labute approximate surface area is 142 Å². The molecule has 0 radical (unpaired) electrons. The fourth-order valence-electron chi connectivity index (χ4n) is 2.70. The molecule has 3 amide bonds. The number of nitrogens with zero attached hydrogens (tertiary/aromatic N) is 3. The summed E-state index contributed by atoms with van der Waals surface area (Å²) in [5, 5.41) is 0. The highest BCUT2D eigenvalue weighted by atomic mass is 16.6. The van der Waals surface area contributed by atoms with Crippen LogP contribution in [0.2, 0.25) is 0 Å². The van der Waals surface area contributed by atoms with E-state index < -0.39 is 17.6 Å². The van der Waals surface area contributed by atoms with E-state index in [2.05, 4.69) is 0 Å². The fraction of sp³-hybridized carbons (Fsp3) is 0.688. The van der Waals surface area contributed by atoms with Crippen molar-refractivity contribution in [2.75, 3.05) is 33.8 Å². The van der Waals surface area contributed by atoms with Crippen LogP contribution in [0.1, 0.15) is 27.2 Å². The first kappa shape index (κ1) is 18.1. The first-order chi connectivity index (χ1) is 11.1. The number of esters is 1. The van der Waals surface area contributed by atoms with Crippen molar-refractivity contribution in [3.63, 3.8) is 0 Å². The molecule has 2 aliphatic rings. The fourth-order valence-corrected chi connectivity index (χ4v) is 2.70. The summed E-state index contributed by atoms with van der Waals surface area (Å²) in [6.45, 7) is 6.57. The van der Waals surface area contributed by atoms with Crippen LogP contribution >= 0.6 is 0 Å². The predicted octanol–water partition coefficient (Wildman–Crippen LogP) is 1.42. The third-order valence-corrected chi connectivity index (χ3v) is 4.01. The third kappa shape index (κ3) is 3.80. The Morgan fingerprint density at radius 3 is 2.46 bits per heavy atom. The second-order valence-electron chi connectivity index (χ2n) is 6.91. The van der Waals surface area contributed by atoms with Gasteiger partial charge in [-0.25, -0.2) is 14.4 Å².